The molecule has 0 bridgehead atoms. The summed E-state index contributed by atoms with van der Waals surface area (Å²) in [6.45, 7) is 11.1. The normalized spacial score (nSPS) is 25.7. The summed E-state index contributed by atoms with van der Waals surface area (Å²) >= 11 is 0. The predicted octanol–water partition coefficient (Wildman–Crippen LogP) is 2.10. The van der Waals surface area contributed by atoms with Crippen molar-refractivity contribution < 1.29 is 14.2 Å². The van der Waals surface area contributed by atoms with Gasteiger partial charge in [-0.1, -0.05) is 6.42 Å². The third-order valence-corrected chi connectivity index (χ3v) is 6.67. The van der Waals surface area contributed by atoms with Crippen LogP contribution >= 0.6 is 24.0 Å². The maximum absolute atomic E-state index is 5.69. The summed E-state index contributed by atoms with van der Waals surface area (Å²) in [5, 5.41) is 7.08. The van der Waals surface area contributed by atoms with E-state index < -0.39 is 0 Å². The van der Waals surface area contributed by atoms with E-state index >= 15 is 0 Å². The zero-order valence-electron chi connectivity index (χ0n) is 18.3. The molecule has 3 rings (SSSR count). The second-order valence-electron chi connectivity index (χ2n) is 8.51. The van der Waals surface area contributed by atoms with Crippen LogP contribution in [0.1, 0.15) is 39.0 Å². The van der Waals surface area contributed by atoms with Gasteiger partial charge in [-0.3, -0.25) is 9.89 Å². The number of ether oxygens (including phenoxy) is 3. The van der Waals surface area contributed by atoms with Crippen LogP contribution in [0.15, 0.2) is 4.99 Å². The number of morpholine rings is 1. The van der Waals surface area contributed by atoms with Gasteiger partial charge in [0.05, 0.1) is 19.8 Å². The summed E-state index contributed by atoms with van der Waals surface area (Å²) in [6, 6.07) is 0.474. The summed E-state index contributed by atoms with van der Waals surface area (Å²) in [6.07, 6.45) is 6.13. The van der Waals surface area contributed by atoms with Gasteiger partial charge in [0, 0.05) is 65.0 Å². The maximum Gasteiger partial charge on any atom is 0.191 e. The third-order valence-electron chi connectivity index (χ3n) is 6.67. The molecular weight excluding hydrogens is 483 g/mol. The van der Waals surface area contributed by atoms with Crippen molar-refractivity contribution in [3.05, 3.63) is 0 Å². The molecule has 7 nitrogen and oxygen atoms in total. The minimum atomic E-state index is 0. The van der Waals surface area contributed by atoms with Crippen LogP contribution in [0.4, 0.5) is 0 Å². The highest BCUT2D eigenvalue weighted by Gasteiger charge is 2.36. The third kappa shape index (κ3) is 7.48. The smallest absolute Gasteiger partial charge is 0.191 e. The van der Waals surface area contributed by atoms with Crippen molar-refractivity contribution in [3.8, 4) is 0 Å². The van der Waals surface area contributed by atoms with E-state index in [-0.39, 0.29) is 24.0 Å². The molecule has 0 aromatic rings. The van der Waals surface area contributed by atoms with Gasteiger partial charge in [-0.2, -0.15) is 0 Å². The highest BCUT2D eigenvalue weighted by atomic mass is 127. The molecule has 2 atom stereocenters. The Morgan fingerprint density at radius 2 is 2.00 bits per heavy atom. The lowest BCUT2D eigenvalue weighted by atomic mass is 9.67. The SMILES string of the molecule is CCNC(=NCC1(CCOC)CCC1)NCC(C1CCOC1)N1CCOCC1.I. The molecule has 3 aliphatic rings. The maximum atomic E-state index is 5.69. The fourth-order valence-electron chi connectivity index (χ4n) is 4.63. The molecule has 8 heteroatoms. The molecule has 29 heavy (non-hydrogen) atoms. The van der Waals surface area contributed by atoms with Gasteiger partial charge in [0.1, 0.15) is 0 Å². The molecule has 0 radical (unpaired) electrons. The van der Waals surface area contributed by atoms with Crippen LogP contribution in [-0.4, -0.2) is 89.8 Å². The standard InChI is InChI=1S/C21H40N4O3.HI/c1-3-22-20(24-17-21(6-4-7-21)8-12-26-2)23-15-19(18-5-11-28-16-18)25-9-13-27-14-10-25;/h18-19H,3-17H2,1-2H3,(H2,22,23,24);1H. The van der Waals surface area contributed by atoms with Crippen LogP contribution < -0.4 is 10.6 Å². The molecule has 0 spiro atoms. The van der Waals surface area contributed by atoms with Gasteiger partial charge in [-0.25, -0.2) is 0 Å². The number of nitrogens with one attached hydrogen (secondary N) is 2. The molecule has 170 valence electrons. The zero-order valence-corrected chi connectivity index (χ0v) is 20.6. The Morgan fingerprint density at radius 3 is 2.59 bits per heavy atom. The van der Waals surface area contributed by atoms with Gasteiger partial charge in [-0.15, -0.1) is 24.0 Å². The highest BCUT2D eigenvalue weighted by molar-refractivity contribution is 14.0. The fourth-order valence-corrected chi connectivity index (χ4v) is 4.63. The quantitative estimate of drug-likeness (QED) is 0.259. The van der Waals surface area contributed by atoms with Crippen LogP contribution in [0.5, 0.6) is 0 Å². The van der Waals surface area contributed by atoms with Crippen molar-refractivity contribution in [2.45, 2.75) is 45.1 Å². The summed E-state index contributed by atoms with van der Waals surface area (Å²) in [7, 11) is 1.79. The Balaban J connectivity index is 0.00000300. The molecule has 2 N–H and O–H groups in total. The summed E-state index contributed by atoms with van der Waals surface area (Å²) in [4.78, 5) is 7.54. The number of guanidine groups is 1. The van der Waals surface area contributed by atoms with E-state index in [1.54, 1.807) is 7.11 Å². The highest BCUT2D eigenvalue weighted by Crippen LogP contribution is 2.44. The van der Waals surface area contributed by atoms with Crippen molar-refractivity contribution in [3.63, 3.8) is 0 Å². The van der Waals surface area contributed by atoms with Crippen LogP contribution in [0, 0.1) is 11.3 Å². The molecule has 1 saturated carbocycles. The first-order valence-corrected chi connectivity index (χ1v) is 11.2. The molecule has 2 unspecified atom stereocenters. The molecule has 2 saturated heterocycles. The van der Waals surface area contributed by atoms with Crippen LogP contribution in [-0.2, 0) is 14.2 Å². The molecule has 0 amide bonds. The first kappa shape index (κ1) is 25.1. The van der Waals surface area contributed by atoms with E-state index in [0.29, 0.717) is 17.4 Å². The molecular formula is C21H41IN4O3. The van der Waals surface area contributed by atoms with Gasteiger partial charge < -0.3 is 24.8 Å². The first-order chi connectivity index (χ1) is 13.8. The van der Waals surface area contributed by atoms with Gasteiger partial charge in [0.2, 0.25) is 0 Å². The summed E-state index contributed by atoms with van der Waals surface area (Å²) in [5.74, 6) is 1.54. The van der Waals surface area contributed by atoms with E-state index in [4.69, 9.17) is 19.2 Å². The largest absolute Gasteiger partial charge is 0.385 e. The van der Waals surface area contributed by atoms with E-state index in [1.165, 1.54) is 19.3 Å². The number of rotatable bonds is 10. The van der Waals surface area contributed by atoms with Crippen molar-refractivity contribution in [2.75, 3.05) is 72.9 Å². The number of hydrogen-bond donors (Lipinski definition) is 2. The average molecular weight is 524 g/mol. The lowest BCUT2D eigenvalue weighted by Gasteiger charge is -2.41. The lowest BCUT2D eigenvalue weighted by molar-refractivity contribution is 0.00245. The van der Waals surface area contributed by atoms with Crippen LogP contribution in [0.2, 0.25) is 0 Å². The number of aliphatic imine (C=N–C) groups is 1. The first-order valence-electron chi connectivity index (χ1n) is 11.2. The van der Waals surface area contributed by atoms with Crippen molar-refractivity contribution in [1.82, 2.24) is 15.5 Å². The lowest BCUT2D eigenvalue weighted by Crippen LogP contribution is -2.53. The number of hydrogen-bond acceptors (Lipinski definition) is 5. The van der Waals surface area contributed by atoms with Crippen molar-refractivity contribution >= 4 is 29.9 Å². The Labute approximate surface area is 193 Å². The van der Waals surface area contributed by atoms with E-state index in [0.717, 1.165) is 84.6 Å². The summed E-state index contributed by atoms with van der Waals surface area (Å²) < 4.78 is 16.6. The second kappa shape index (κ2) is 13.3. The molecule has 3 fully saturated rings. The van der Waals surface area contributed by atoms with Crippen LogP contribution in [0.3, 0.4) is 0 Å². The Bertz CT molecular complexity index is 479. The van der Waals surface area contributed by atoms with E-state index in [2.05, 4.69) is 22.5 Å². The average Bonchev–Trinajstić information content (AvgIpc) is 3.22. The fraction of sp³-hybridized carbons (Fsp3) is 0.952. The Hall–Kier alpha value is -0.160. The van der Waals surface area contributed by atoms with E-state index in [1.807, 2.05) is 0 Å². The molecule has 0 aromatic heterocycles. The molecule has 1 aliphatic carbocycles. The van der Waals surface area contributed by atoms with Gasteiger partial charge in [0.15, 0.2) is 5.96 Å². The number of halogens is 1. The summed E-state index contributed by atoms with van der Waals surface area (Å²) in [5.41, 5.74) is 0.348. The second-order valence-corrected chi connectivity index (χ2v) is 8.51. The minimum absolute atomic E-state index is 0. The van der Waals surface area contributed by atoms with Gasteiger partial charge >= 0.3 is 0 Å². The zero-order chi connectivity index (χ0) is 19.7. The van der Waals surface area contributed by atoms with Crippen LogP contribution in [0.25, 0.3) is 0 Å². The Kier molecular flexibility index (Phi) is 11.5. The molecule has 2 aliphatic heterocycles. The predicted molar refractivity (Wildman–Crippen MR) is 127 cm³/mol. The molecule has 2 heterocycles. The van der Waals surface area contributed by atoms with Gasteiger partial charge in [-0.05, 0) is 38.0 Å². The topological polar surface area (TPSA) is 67.4 Å². The van der Waals surface area contributed by atoms with Crippen molar-refractivity contribution in [1.29, 1.82) is 0 Å². The minimum Gasteiger partial charge on any atom is -0.385 e. The van der Waals surface area contributed by atoms with Gasteiger partial charge in [0.25, 0.3) is 0 Å². The van der Waals surface area contributed by atoms with Crippen molar-refractivity contribution in [2.24, 2.45) is 16.3 Å². The number of methoxy groups -OCH3 is 1. The Morgan fingerprint density at radius 1 is 1.21 bits per heavy atom. The van der Waals surface area contributed by atoms with E-state index in [9.17, 15) is 0 Å². The molecule has 0 aromatic carbocycles. The number of nitrogens with zero attached hydrogens (tertiary/aromatic N) is 2. The monoisotopic (exact) mass is 524 g/mol.